The first-order valence-electron chi connectivity index (χ1n) is 5.65. The van der Waals surface area contributed by atoms with Crippen LogP contribution in [0.25, 0.3) is 0 Å². The van der Waals surface area contributed by atoms with Crippen molar-refractivity contribution in [3.05, 3.63) is 45.6 Å². The molecule has 0 saturated carbocycles. The van der Waals surface area contributed by atoms with Crippen LogP contribution in [0, 0.1) is 11.3 Å². The van der Waals surface area contributed by atoms with Crippen molar-refractivity contribution in [1.82, 2.24) is 0 Å². The third-order valence-electron chi connectivity index (χ3n) is 2.58. The van der Waals surface area contributed by atoms with Gasteiger partial charge in [-0.2, -0.15) is 5.26 Å². The highest BCUT2D eigenvalue weighted by molar-refractivity contribution is 7.98. The monoisotopic (exact) mass is 305 g/mol. The number of benzene rings is 1. The fourth-order valence-electron chi connectivity index (χ4n) is 1.59. The fraction of sp³-hybridized carbons (Fsp3) is 0.143. The second-order valence-corrected chi connectivity index (χ2v) is 5.85. The van der Waals surface area contributed by atoms with Gasteiger partial charge in [0.15, 0.2) is 0 Å². The van der Waals surface area contributed by atoms with E-state index in [1.54, 1.807) is 23.9 Å². The minimum atomic E-state index is -0.901. The number of carboxylic acid groups (broad SMARTS) is 1. The third-order valence-corrected chi connectivity index (χ3v) is 4.69. The first-order chi connectivity index (χ1) is 9.63. The molecule has 0 bridgehead atoms. The van der Waals surface area contributed by atoms with Crippen LogP contribution in [0.1, 0.15) is 20.8 Å². The number of thiophene rings is 1. The largest absolute Gasteiger partial charge is 0.495 e. The highest BCUT2D eigenvalue weighted by Gasteiger charge is 2.08. The number of ether oxygens (including phenoxy) is 1. The molecular formula is C14H11NO3S2. The zero-order chi connectivity index (χ0) is 14.5. The molecule has 4 nitrogen and oxygen atoms in total. The Kier molecular flexibility index (Phi) is 4.66. The summed E-state index contributed by atoms with van der Waals surface area (Å²) in [6.07, 6.45) is 0. The van der Waals surface area contributed by atoms with Gasteiger partial charge in [-0.3, -0.25) is 0 Å². The lowest BCUT2D eigenvalue weighted by Crippen LogP contribution is -1.90. The van der Waals surface area contributed by atoms with Crippen LogP contribution < -0.4 is 4.74 Å². The van der Waals surface area contributed by atoms with Gasteiger partial charge in [-0.15, -0.1) is 23.1 Å². The maximum Gasteiger partial charge on any atom is 0.345 e. The van der Waals surface area contributed by atoms with E-state index in [-0.39, 0.29) is 0 Å². The van der Waals surface area contributed by atoms with Crippen molar-refractivity contribution < 1.29 is 14.6 Å². The first-order valence-corrected chi connectivity index (χ1v) is 7.52. The van der Waals surface area contributed by atoms with Gasteiger partial charge in [-0.05, 0) is 23.8 Å². The topological polar surface area (TPSA) is 70.3 Å². The standard InChI is InChI=1S/C14H11NO3S2/c1-18-12-4-9(2-3-10(12)6-15)7-19-11-5-13(14(16)17)20-8-11/h2-5,8H,7H2,1H3,(H,16,17). The van der Waals surface area contributed by atoms with Gasteiger partial charge >= 0.3 is 5.97 Å². The Hall–Kier alpha value is -1.97. The molecule has 0 saturated heterocycles. The minimum absolute atomic E-state index is 0.338. The van der Waals surface area contributed by atoms with Crippen LogP contribution in [0.5, 0.6) is 5.75 Å². The van der Waals surface area contributed by atoms with Crippen molar-refractivity contribution in [2.45, 2.75) is 10.6 Å². The summed E-state index contributed by atoms with van der Waals surface area (Å²) in [4.78, 5) is 12.1. The SMILES string of the molecule is COc1cc(CSc2csc(C(=O)O)c2)ccc1C#N. The van der Waals surface area contributed by atoms with Crippen molar-refractivity contribution in [1.29, 1.82) is 5.26 Å². The molecule has 0 aliphatic heterocycles. The van der Waals surface area contributed by atoms with Crippen LogP contribution in [0.15, 0.2) is 34.5 Å². The predicted octanol–water partition coefficient (Wildman–Crippen LogP) is 3.62. The molecule has 1 heterocycles. The lowest BCUT2D eigenvalue weighted by Gasteiger charge is -2.05. The number of hydrogen-bond acceptors (Lipinski definition) is 5. The molecule has 1 aromatic heterocycles. The van der Waals surface area contributed by atoms with Crippen LogP contribution in [0.2, 0.25) is 0 Å². The van der Waals surface area contributed by atoms with E-state index in [0.29, 0.717) is 21.9 Å². The number of carboxylic acids is 1. The number of rotatable bonds is 5. The van der Waals surface area contributed by atoms with Crippen LogP contribution in [0.3, 0.4) is 0 Å². The molecule has 0 amide bonds. The lowest BCUT2D eigenvalue weighted by atomic mass is 10.1. The average Bonchev–Trinajstić information content (AvgIpc) is 2.94. The predicted molar refractivity (Wildman–Crippen MR) is 78.5 cm³/mol. The molecule has 1 N–H and O–H groups in total. The molecule has 2 rings (SSSR count). The van der Waals surface area contributed by atoms with Crippen LogP contribution >= 0.6 is 23.1 Å². The van der Waals surface area contributed by atoms with Gasteiger partial charge < -0.3 is 9.84 Å². The van der Waals surface area contributed by atoms with Gasteiger partial charge in [-0.1, -0.05) is 6.07 Å². The fourth-order valence-corrected chi connectivity index (χ4v) is 3.40. The van der Waals surface area contributed by atoms with Crippen molar-refractivity contribution >= 4 is 29.1 Å². The van der Waals surface area contributed by atoms with Crippen molar-refractivity contribution in [2.24, 2.45) is 0 Å². The highest BCUT2D eigenvalue weighted by atomic mass is 32.2. The van der Waals surface area contributed by atoms with E-state index >= 15 is 0 Å². The molecule has 6 heteroatoms. The third kappa shape index (κ3) is 3.32. The lowest BCUT2D eigenvalue weighted by molar-refractivity contribution is 0.0702. The Morgan fingerprint density at radius 1 is 1.50 bits per heavy atom. The van der Waals surface area contributed by atoms with Crippen molar-refractivity contribution in [2.75, 3.05) is 7.11 Å². The van der Waals surface area contributed by atoms with Crippen LogP contribution in [-0.4, -0.2) is 18.2 Å². The maximum atomic E-state index is 10.8. The molecule has 20 heavy (non-hydrogen) atoms. The second kappa shape index (κ2) is 6.46. The molecule has 0 unspecified atom stereocenters. The van der Waals surface area contributed by atoms with Crippen LogP contribution in [0.4, 0.5) is 0 Å². The van der Waals surface area contributed by atoms with E-state index in [4.69, 9.17) is 15.1 Å². The minimum Gasteiger partial charge on any atom is -0.495 e. The van der Waals surface area contributed by atoms with Gasteiger partial charge in [0.25, 0.3) is 0 Å². The molecule has 0 aliphatic carbocycles. The summed E-state index contributed by atoms with van der Waals surface area (Å²) in [6, 6.07) is 9.16. The molecule has 0 spiro atoms. The molecule has 0 aliphatic rings. The Morgan fingerprint density at radius 3 is 2.90 bits per heavy atom. The van der Waals surface area contributed by atoms with E-state index in [1.807, 2.05) is 17.5 Å². The molecule has 0 atom stereocenters. The second-order valence-electron chi connectivity index (χ2n) is 3.89. The summed E-state index contributed by atoms with van der Waals surface area (Å²) < 4.78 is 5.16. The summed E-state index contributed by atoms with van der Waals surface area (Å²) in [5.41, 5.74) is 1.53. The van der Waals surface area contributed by atoms with Gasteiger partial charge in [0, 0.05) is 16.0 Å². The summed E-state index contributed by atoms with van der Waals surface area (Å²) in [6.45, 7) is 0. The highest BCUT2D eigenvalue weighted by Crippen LogP contribution is 2.29. The number of thioether (sulfide) groups is 1. The normalized spacial score (nSPS) is 10.0. The van der Waals surface area contributed by atoms with Crippen LogP contribution in [-0.2, 0) is 5.75 Å². The number of nitriles is 1. The van der Waals surface area contributed by atoms with Gasteiger partial charge in [0.05, 0.1) is 12.7 Å². The van der Waals surface area contributed by atoms with E-state index in [9.17, 15) is 4.79 Å². The number of hydrogen-bond donors (Lipinski definition) is 1. The zero-order valence-electron chi connectivity index (χ0n) is 10.6. The Labute approximate surface area is 124 Å². The molecule has 1 aromatic carbocycles. The Balaban J connectivity index is 2.07. The molecule has 0 fully saturated rings. The summed E-state index contributed by atoms with van der Waals surface area (Å²) in [5.74, 6) is 0.349. The number of methoxy groups -OCH3 is 1. The zero-order valence-corrected chi connectivity index (χ0v) is 12.3. The summed E-state index contributed by atoms with van der Waals surface area (Å²) >= 11 is 2.77. The average molecular weight is 305 g/mol. The van der Waals surface area contributed by atoms with E-state index in [2.05, 4.69) is 6.07 Å². The summed E-state index contributed by atoms with van der Waals surface area (Å²) in [7, 11) is 1.53. The van der Waals surface area contributed by atoms with Gasteiger partial charge in [-0.25, -0.2) is 4.79 Å². The maximum absolute atomic E-state index is 10.8. The van der Waals surface area contributed by atoms with Crippen molar-refractivity contribution in [3.8, 4) is 11.8 Å². The van der Waals surface area contributed by atoms with Gasteiger partial charge in [0.2, 0.25) is 0 Å². The Morgan fingerprint density at radius 2 is 2.30 bits per heavy atom. The first kappa shape index (κ1) is 14.4. The number of nitrogens with zero attached hydrogens (tertiary/aromatic N) is 1. The number of carbonyl (C=O) groups is 1. The molecule has 2 aromatic rings. The van der Waals surface area contributed by atoms with Gasteiger partial charge in [0.1, 0.15) is 16.7 Å². The quantitative estimate of drug-likeness (QED) is 0.854. The van der Waals surface area contributed by atoms with E-state index in [0.717, 1.165) is 10.5 Å². The Bertz CT molecular complexity index is 673. The molecule has 102 valence electrons. The van der Waals surface area contributed by atoms with Crippen molar-refractivity contribution in [3.63, 3.8) is 0 Å². The van der Waals surface area contributed by atoms with E-state index < -0.39 is 5.97 Å². The molecule has 0 radical (unpaired) electrons. The number of aromatic carboxylic acids is 1. The summed E-state index contributed by atoms with van der Waals surface area (Å²) in [5, 5.41) is 19.6. The molecular weight excluding hydrogens is 294 g/mol. The van der Waals surface area contributed by atoms with E-state index in [1.165, 1.54) is 18.4 Å². The smallest absolute Gasteiger partial charge is 0.345 e.